The van der Waals surface area contributed by atoms with Crippen LogP contribution in [0.2, 0.25) is 0 Å². The van der Waals surface area contributed by atoms with Crippen LogP contribution in [0.1, 0.15) is 41.6 Å². The lowest BCUT2D eigenvalue weighted by Crippen LogP contribution is -2.26. The Bertz CT molecular complexity index is 644. The molecule has 128 valence electrons. The van der Waals surface area contributed by atoms with Crippen LogP contribution in [0.15, 0.2) is 24.3 Å². The zero-order valence-corrected chi connectivity index (χ0v) is 14.0. The zero-order chi connectivity index (χ0) is 17.8. The molecule has 6 nitrogen and oxygen atoms in total. The van der Waals surface area contributed by atoms with Gasteiger partial charge in [0.25, 0.3) is 5.91 Å². The Hall–Kier alpha value is -2.81. The van der Waals surface area contributed by atoms with Gasteiger partial charge in [-0.25, -0.2) is 0 Å². The van der Waals surface area contributed by atoms with Gasteiger partial charge in [-0.2, -0.15) is 0 Å². The van der Waals surface area contributed by atoms with Crippen molar-refractivity contribution < 1.29 is 19.1 Å². The van der Waals surface area contributed by atoms with Crippen LogP contribution in [0.3, 0.4) is 0 Å². The van der Waals surface area contributed by atoms with Crippen LogP contribution in [-0.4, -0.2) is 38.5 Å². The number of unbranched alkanes of at least 4 members (excludes halogenated alkanes) is 1. The van der Waals surface area contributed by atoms with E-state index in [2.05, 4.69) is 27.2 Å². The van der Waals surface area contributed by atoms with Gasteiger partial charge >= 0.3 is 5.97 Å². The molecule has 0 aliphatic heterocycles. The summed E-state index contributed by atoms with van der Waals surface area (Å²) in [6.07, 6.45) is 1.89. The fourth-order valence-corrected chi connectivity index (χ4v) is 1.85. The van der Waals surface area contributed by atoms with E-state index in [1.165, 1.54) is 7.11 Å². The number of benzene rings is 1. The highest BCUT2D eigenvalue weighted by Crippen LogP contribution is 2.04. The van der Waals surface area contributed by atoms with Gasteiger partial charge < -0.3 is 15.4 Å². The largest absolute Gasteiger partial charge is 0.469 e. The Labute approximate surface area is 142 Å². The minimum absolute atomic E-state index is 0.00224. The van der Waals surface area contributed by atoms with E-state index < -0.39 is 0 Å². The second-order valence-corrected chi connectivity index (χ2v) is 4.99. The fraction of sp³-hybridized carbons (Fsp3) is 0.389. The molecule has 2 amide bonds. The van der Waals surface area contributed by atoms with Crippen molar-refractivity contribution in [3.63, 3.8) is 0 Å². The Morgan fingerprint density at radius 3 is 2.71 bits per heavy atom. The predicted octanol–water partition coefficient (Wildman–Crippen LogP) is 1.25. The molecule has 24 heavy (non-hydrogen) atoms. The van der Waals surface area contributed by atoms with Crippen molar-refractivity contribution in [2.24, 2.45) is 0 Å². The normalized spacial score (nSPS) is 9.42. The Morgan fingerprint density at radius 1 is 1.21 bits per heavy atom. The van der Waals surface area contributed by atoms with Crippen LogP contribution in [0, 0.1) is 11.8 Å². The van der Waals surface area contributed by atoms with E-state index in [4.69, 9.17) is 0 Å². The monoisotopic (exact) mass is 330 g/mol. The summed E-state index contributed by atoms with van der Waals surface area (Å²) < 4.78 is 4.51. The van der Waals surface area contributed by atoms with Crippen LogP contribution < -0.4 is 10.6 Å². The van der Waals surface area contributed by atoms with Crippen molar-refractivity contribution in [3.8, 4) is 11.8 Å². The fourth-order valence-electron chi connectivity index (χ4n) is 1.85. The summed E-state index contributed by atoms with van der Waals surface area (Å²) in [6, 6.07) is 6.95. The first-order chi connectivity index (χ1) is 11.6. The molecule has 0 fully saturated rings. The summed E-state index contributed by atoms with van der Waals surface area (Å²) in [7, 11) is 2.91. The van der Waals surface area contributed by atoms with Gasteiger partial charge in [-0.05, 0) is 24.6 Å². The Kier molecular flexibility index (Phi) is 8.69. The Morgan fingerprint density at radius 2 is 2.00 bits per heavy atom. The maximum absolute atomic E-state index is 12.0. The molecule has 0 spiro atoms. The molecule has 0 radical (unpaired) electrons. The number of carbonyl (C=O) groups excluding carboxylic acids is 3. The molecular formula is C18H22N2O4. The molecule has 0 saturated carbocycles. The lowest BCUT2D eigenvalue weighted by Gasteiger charge is -2.04. The van der Waals surface area contributed by atoms with Crippen molar-refractivity contribution in [3.05, 3.63) is 35.4 Å². The molecule has 0 atom stereocenters. The van der Waals surface area contributed by atoms with Gasteiger partial charge in [-0.15, -0.1) is 0 Å². The first-order valence-corrected chi connectivity index (χ1v) is 7.71. The number of amides is 2. The molecule has 1 rings (SSSR count). The smallest absolute Gasteiger partial charge is 0.307 e. The third-order valence-corrected chi connectivity index (χ3v) is 3.18. The lowest BCUT2D eigenvalue weighted by atomic mass is 10.1. The highest BCUT2D eigenvalue weighted by Gasteiger charge is 2.06. The second-order valence-electron chi connectivity index (χ2n) is 4.99. The third kappa shape index (κ3) is 7.45. The average molecular weight is 330 g/mol. The third-order valence-electron chi connectivity index (χ3n) is 3.18. The predicted molar refractivity (Wildman–Crippen MR) is 90.2 cm³/mol. The molecule has 0 saturated heterocycles. The van der Waals surface area contributed by atoms with E-state index in [0.717, 1.165) is 5.56 Å². The molecule has 6 heteroatoms. The Balaban J connectivity index is 2.50. The van der Waals surface area contributed by atoms with E-state index in [1.54, 1.807) is 25.2 Å². The van der Waals surface area contributed by atoms with E-state index >= 15 is 0 Å². The van der Waals surface area contributed by atoms with E-state index in [1.807, 2.05) is 6.07 Å². The van der Waals surface area contributed by atoms with Crippen LogP contribution in [0.4, 0.5) is 0 Å². The van der Waals surface area contributed by atoms with Crippen LogP contribution in [0.5, 0.6) is 0 Å². The molecule has 1 aromatic carbocycles. The quantitative estimate of drug-likeness (QED) is 0.448. The number of hydrogen-bond donors (Lipinski definition) is 2. The minimum Gasteiger partial charge on any atom is -0.469 e. The molecule has 0 heterocycles. The molecule has 0 aliphatic rings. The molecule has 0 bridgehead atoms. The number of rotatable bonds is 7. The highest BCUT2D eigenvalue weighted by molar-refractivity contribution is 5.94. The second kappa shape index (κ2) is 10.8. The van der Waals surface area contributed by atoms with Gasteiger partial charge in [0, 0.05) is 37.6 Å². The molecule has 0 aromatic heterocycles. The van der Waals surface area contributed by atoms with Gasteiger partial charge in [-0.1, -0.05) is 17.9 Å². The standard InChI is InChI=1S/C18H22N2O4/c1-19-16(21)10-5-3-4-7-14-8-6-9-15(13-14)18(23)20-12-11-17(22)24-2/h6,8-9,13H,3,5,10-12H2,1-2H3,(H,19,21)(H,20,23). The maximum Gasteiger partial charge on any atom is 0.307 e. The first-order valence-electron chi connectivity index (χ1n) is 7.71. The zero-order valence-electron chi connectivity index (χ0n) is 14.0. The van der Waals surface area contributed by atoms with Gasteiger partial charge in [0.15, 0.2) is 0 Å². The summed E-state index contributed by atoms with van der Waals surface area (Å²) >= 11 is 0. The topological polar surface area (TPSA) is 84.5 Å². The highest BCUT2D eigenvalue weighted by atomic mass is 16.5. The summed E-state index contributed by atoms with van der Waals surface area (Å²) in [5.74, 6) is 5.34. The minimum atomic E-state index is -0.369. The average Bonchev–Trinajstić information content (AvgIpc) is 2.61. The van der Waals surface area contributed by atoms with Crippen LogP contribution in [0.25, 0.3) is 0 Å². The van der Waals surface area contributed by atoms with E-state index in [9.17, 15) is 14.4 Å². The van der Waals surface area contributed by atoms with Crippen molar-refractivity contribution in [2.75, 3.05) is 20.7 Å². The number of nitrogens with one attached hydrogen (secondary N) is 2. The maximum atomic E-state index is 12.0. The first kappa shape index (κ1) is 19.2. The summed E-state index contributed by atoms with van der Waals surface area (Å²) in [6.45, 7) is 0.223. The van der Waals surface area contributed by atoms with Crippen molar-refractivity contribution in [1.82, 2.24) is 10.6 Å². The summed E-state index contributed by atoms with van der Waals surface area (Å²) in [5.41, 5.74) is 1.22. The van der Waals surface area contributed by atoms with Gasteiger partial charge in [0.2, 0.25) is 5.91 Å². The van der Waals surface area contributed by atoms with Crippen LogP contribution in [-0.2, 0) is 14.3 Å². The molecule has 2 N–H and O–H groups in total. The van der Waals surface area contributed by atoms with E-state index in [0.29, 0.717) is 24.8 Å². The number of hydrogen-bond acceptors (Lipinski definition) is 4. The van der Waals surface area contributed by atoms with Gasteiger partial charge in [0.1, 0.15) is 0 Å². The molecule has 1 aromatic rings. The number of esters is 1. The molecular weight excluding hydrogens is 308 g/mol. The number of methoxy groups -OCH3 is 1. The van der Waals surface area contributed by atoms with E-state index in [-0.39, 0.29) is 30.7 Å². The lowest BCUT2D eigenvalue weighted by molar-refractivity contribution is -0.140. The van der Waals surface area contributed by atoms with Gasteiger partial charge in [-0.3, -0.25) is 14.4 Å². The molecule has 0 aliphatic carbocycles. The van der Waals surface area contributed by atoms with Crippen molar-refractivity contribution in [2.45, 2.75) is 25.7 Å². The van der Waals surface area contributed by atoms with Gasteiger partial charge in [0.05, 0.1) is 13.5 Å². The number of ether oxygens (including phenoxy) is 1. The SMILES string of the molecule is CNC(=O)CCCC#Cc1cccc(C(=O)NCCC(=O)OC)c1. The summed E-state index contributed by atoms with van der Waals surface area (Å²) in [5, 5.41) is 5.21. The summed E-state index contributed by atoms with van der Waals surface area (Å²) in [4.78, 5) is 34.1. The van der Waals surface area contributed by atoms with Crippen molar-refractivity contribution >= 4 is 17.8 Å². The molecule has 0 unspecified atom stereocenters. The van der Waals surface area contributed by atoms with Crippen molar-refractivity contribution in [1.29, 1.82) is 0 Å². The number of carbonyl (C=O) groups is 3. The van der Waals surface area contributed by atoms with Crippen LogP contribution >= 0.6 is 0 Å².